The summed E-state index contributed by atoms with van der Waals surface area (Å²) in [6, 6.07) is 14.8. The van der Waals surface area contributed by atoms with Gasteiger partial charge in [0.1, 0.15) is 11.6 Å². The van der Waals surface area contributed by atoms with E-state index in [0.717, 1.165) is 14.9 Å². The normalized spacial score (nSPS) is 20.2. The first-order valence-corrected chi connectivity index (χ1v) is 10.6. The molecule has 0 unspecified atom stereocenters. The van der Waals surface area contributed by atoms with Crippen LogP contribution in [0.5, 0.6) is 0 Å². The maximum Gasteiger partial charge on any atom is 0.329 e. The summed E-state index contributed by atoms with van der Waals surface area (Å²) in [5.41, 5.74) is 0.189. The average molecular weight is 473 g/mol. The first-order valence-electron chi connectivity index (χ1n) is 9.84. The molecule has 1 saturated heterocycles. The third kappa shape index (κ3) is 3.99. The molecule has 0 aliphatic carbocycles. The molecule has 6 nitrogen and oxygen atoms in total. The molecule has 0 radical (unpaired) electrons. The SMILES string of the molecule is CC(C)C[C@@H](C(=O)O)N1C(=O)N(Cc2ccccc2)[C@@](C)(c2ccc(Br)cc2)C1=O. The summed E-state index contributed by atoms with van der Waals surface area (Å²) in [6.45, 7) is 5.63. The lowest BCUT2D eigenvalue weighted by molar-refractivity contribution is -0.148. The van der Waals surface area contributed by atoms with Crippen molar-refractivity contribution < 1.29 is 19.5 Å². The van der Waals surface area contributed by atoms with Crippen LogP contribution < -0.4 is 0 Å². The molecule has 2 aromatic rings. The molecular formula is C23H25BrN2O4. The highest BCUT2D eigenvalue weighted by atomic mass is 79.9. The van der Waals surface area contributed by atoms with Crippen molar-refractivity contribution in [3.8, 4) is 0 Å². The van der Waals surface area contributed by atoms with Gasteiger partial charge in [-0.2, -0.15) is 0 Å². The first kappa shape index (κ1) is 22.0. The van der Waals surface area contributed by atoms with Crippen molar-refractivity contribution in [3.63, 3.8) is 0 Å². The molecule has 158 valence electrons. The van der Waals surface area contributed by atoms with Gasteiger partial charge in [0, 0.05) is 11.0 Å². The molecule has 0 aromatic heterocycles. The molecule has 1 N–H and O–H groups in total. The van der Waals surface area contributed by atoms with Crippen LogP contribution in [-0.4, -0.2) is 38.9 Å². The van der Waals surface area contributed by atoms with Crippen LogP contribution in [0, 0.1) is 5.92 Å². The highest BCUT2D eigenvalue weighted by Gasteiger charge is 2.58. The van der Waals surface area contributed by atoms with Gasteiger partial charge in [-0.05, 0) is 42.5 Å². The van der Waals surface area contributed by atoms with E-state index >= 15 is 0 Å². The number of imide groups is 1. The van der Waals surface area contributed by atoms with E-state index in [2.05, 4.69) is 15.9 Å². The summed E-state index contributed by atoms with van der Waals surface area (Å²) >= 11 is 3.40. The molecule has 0 spiro atoms. The van der Waals surface area contributed by atoms with Crippen LogP contribution in [0.25, 0.3) is 0 Å². The summed E-state index contributed by atoms with van der Waals surface area (Å²) in [4.78, 5) is 41.5. The van der Waals surface area contributed by atoms with Gasteiger partial charge in [-0.25, -0.2) is 14.5 Å². The largest absolute Gasteiger partial charge is 0.480 e. The number of carbonyl (C=O) groups is 3. The molecule has 1 heterocycles. The summed E-state index contributed by atoms with van der Waals surface area (Å²) in [7, 11) is 0. The number of amides is 3. The Bertz CT molecular complexity index is 945. The van der Waals surface area contributed by atoms with Crippen LogP contribution in [0.3, 0.4) is 0 Å². The second kappa shape index (κ2) is 8.60. The molecule has 1 aliphatic heterocycles. The van der Waals surface area contributed by atoms with Crippen molar-refractivity contribution in [1.29, 1.82) is 0 Å². The van der Waals surface area contributed by atoms with Crippen LogP contribution in [0.4, 0.5) is 4.79 Å². The monoisotopic (exact) mass is 472 g/mol. The van der Waals surface area contributed by atoms with Gasteiger partial charge in [-0.1, -0.05) is 72.2 Å². The van der Waals surface area contributed by atoms with E-state index in [0.29, 0.717) is 5.56 Å². The summed E-state index contributed by atoms with van der Waals surface area (Å²) in [5.74, 6) is -1.68. The molecule has 1 aliphatic rings. The molecule has 0 saturated carbocycles. The molecule has 2 aromatic carbocycles. The molecule has 3 amide bonds. The Morgan fingerprint density at radius 3 is 2.20 bits per heavy atom. The number of nitrogens with zero attached hydrogens (tertiary/aromatic N) is 2. The van der Waals surface area contributed by atoms with Crippen LogP contribution in [-0.2, 0) is 21.7 Å². The fourth-order valence-corrected chi connectivity index (χ4v) is 4.11. The van der Waals surface area contributed by atoms with Crippen molar-refractivity contribution in [1.82, 2.24) is 9.80 Å². The molecular weight excluding hydrogens is 448 g/mol. The first-order chi connectivity index (χ1) is 14.2. The number of carboxylic acid groups (broad SMARTS) is 1. The minimum Gasteiger partial charge on any atom is -0.480 e. The van der Waals surface area contributed by atoms with Gasteiger partial charge in [-0.3, -0.25) is 4.79 Å². The third-order valence-electron chi connectivity index (χ3n) is 5.49. The predicted molar refractivity (Wildman–Crippen MR) is 117 cm³/mol. The molecule has 1 fully saturated rings. The standard InChI is InChI=1S/C23H25BrN2O4/c1-15(2)13-19(20(27)28)26-21(29)23(3,17-9-11-18(24)12-10-17)25(22(26)30)14-16-7-5-4-6-8-16/h4-12,15,19H,13-14H2,1-3H3,(H,27,28)/t19-,23-/m0/s1. The van der Waals surface area contributed by atoms with Gasteiger partial charge in [0.2, 0.25) is 0 Å². The lowest BCUT2D eigenvalue weighted by Gasteiger charge is -2.32. The van der Waals surface area contributed by atoms with Gasteiger partial charge in [-0.15, -0.1) is 0 Å². The smallest absolute Gasteiger partial charge is 0.329 e. The van der Waals surface area contributed by atoms with E-state index in [9.17, 15) is 19.5 Å². The summed E-state index contributed by atoms with van der Waals surface area (Å²) in [5, 5.41) is 9.80. The zero-order valence-electron chi connectivity index (χ0n) is 17.2. The average Bonchev–Trinajstić information content (AvgIpc) is 2.88. The minimum absolute atomic E-state index is 0.00816. The van der Waals surface area contributed by atoms with Crippen molar-refractivity contribution in [2.45, 2.75) is 45.3 Å². The number of carbonyl (C=O) groups excluding carboxylic acids is 2. The van der Waals surface area contributed by atoms with E-state index in [-0.39, 0.29) is 18.9 Å². The van der Waals surface area contributed by atoms with Gasteiger partial charge in [0.05, 0.1) is 0 Å². The minimum atomic E-state index is -1.31. The third-order valence-corrected chi connectivity index (χ3v) is 6.02. The lowest BCUT2D eigenvalue weighted by atomic mass is 9.89. The number of rotatable bonds is 7. The van der Waals surface area contributed by atoms with Crippen LogP contribution in [0.2, 0.25) is 0 Å². The Morgan fingerprint density at radius 2 is 1.67 bits per heavy atom. The molecule has 30 heavy (non-hydrogen) atoms. The van der Waals surface area contributed by atoms with Crippen molar-refractivity contribution in [2.24, 2.45) is 5.92 Å². The van der Waals surface area contributed by atoms with Crippen molar-refractivity contribution >= 4 is 33.8 Å². The summed E-state index contributed by atoms with van der Waals surface area (Å²) in [6.07, 6.45) is 0.197. The van der Waals surface area contributed by atoms with Gasteiger partial charge in [0.25, 0.3) is 5.91 Å². The Kier molecular flexibility index (Phi) is 6.31. The second-order valence-electron chi connectivity index (χ2n) is 8.09. The number of hydrogen-bond acceptors (Lipinski definition) is 3. The van der Waals surface area contributed by atoms with Crippen molar-refractivity contribution in [3.05, 3.63) is 70.2 Å². The molecule has 0 bridgehead atoms. The zero-order valence-corrected chi connectivity index (χ0v) is 18.8. The van der Waals surface area contributed by atoms with Crippen LogP contribution in [0.15, 0.2) is 59.1 Å². The van der Waals surface area contributed by atoms with Crippen LogP contribution in [0.1, 0.15) is 38.3 Å². The van der Waals surface area contributed by atoms with E-state index in [1.54, 1.807) is 19.1 Å². The number of carboxylic acids is 1. The molecule has 7 heteroatoms. The Morgan fingerprint density at radius 1 is 1.07 bits per heavy atom. The van der Waals surface area contributed by atoms with E-state index < -0.39 is 29.5 Å². The Hall–Kier alpha value is -2.67. The quantitative estimate of drug-likeness (QED) is 0.595. The number of benzene rings is 2. The maximum absolute atomic E-state index is 13.6. The number of aliphatic carboxylic acids is 1. The topological polar surface area (TPSA) is 77.9 Å². The molecule has 3 rings (SSSR count). The van der Waals surface area contributed by atoms with Crippen LogP contribution >= 0.6 is 15.9 Å². The fourth-order valence-electron chi connectivity index (χ4n) is 3.84. The van der Waals surface area contributed by atoms with E-state index in [1.165, 1.54) is 4.90 Å². The van der Waals surface area contributed by atoms with Gasteiger partial charge in [0.15, 0.2) is 0 Å². The van der Waals surface area contributed by atoms with E-state index in [1.807, 2.05) is 56.3 Å². The number of halogens is 1. The fraction of sp³-hybridized carbons (Fsp3) is 0.348. The highest BCUT2D eigenvalue weighted by molar-refractivity contribution is 9.10. The Labute approximate surface area is 184 Å². The predicted octanol–water partition coefficient (Wildman–Crippen LogP) is 4.63. The van der Waals surface area contributed by atoms with Crippen molar-refractivity contribution in [2.75, 3.05) is 0 Å². The number of urea groups is 1. The van der Waals surface area contributed by atoms with Gasteiger partial charge >= 0.3 is 12.0 Å². The lowest BCUT2D eigenvalue weighted by Crippen LogP contribution is -2.47. The Balaban J connectivity index is 2.11. The highest BCUT2D eigenvalue weighted by Crippen LogP contribution is 2.40. The number of hydrogen-bond donors (Lipinski definition) is 1. The van der Waals surface area contributed by atoms with E-state index in [4.69, 9.17) is 0 Å². The maximum atomic E-state index is 13.6. The molecule has 2 atom stereocenters. The zero-order chi connectivity index (χ0) is 22.1. The second-order valence-corrected chi connectivity index (χ2v) is 9.01. The summed E-state index contributed by atoms with van der Waals surface area (Å²) < 4.78 is 0.848. The van der Waals surface area contributed by atoms with Gasteiger partial charge < -0.3 is 10.0 Å².